The van der Waals surface area contributed by atoms with Crippen molar-refractivity contribution in [3.8, 4) is 0 Å². The first-order valence-corrected chi connectivity index (χ1v) is 5.59. The number of hydrogen-bond acceptors (Lipinski definition) is 2. The van der Waals surface area contributed by atoms with Crippen LogP contribution < -0.4 is 5.32 Å². The van der Waals surface area contributed by atoms with Gasteiger partial charge in [-0.25, -0.2) is 4.39 Å². The molecule has 2 unspecified atom stereocenters. The smallest absolute Gasteiger partial charge is 0.123 e. The first-order chi connectivity index (χ1) is 7.67. The summed E-state index contributed by atoms with van der Waals surface area (Å²) in [6, 6.07) is 6.93. The third-order valence-electron chi connectivity index (χ3n) is 2.69. The molecule has 0 spiro atoms. The van der Waals surface area contributed by atoms with Gasteiger partial charge in [0.2, 0.25) is 0 Å². The van der Waals surface area contributed by atoms with E-state index in [0.29, 0.717) is 5.92 Å². The molecule has 0 amide bonds. The van der Waals surface area contributed by atoms with Crippen molar-refractivity contribution in [2.45, 2.75) is 19.4 Å². The lowest BCUT2D eigenvalue weighted by Crippen LogP contribution is -2.20. The predicted molar refractivity (Wildman–Crippen MR) is 63.9 cm³/mol. The molecule has 1 aromatic carbocycles. The van der Waals surface area contributed by atoms with Crippen molar-refractivity contribution >= 4 is 0 Å². The standard InChI is InChI=1S/C13H20FNO/c1-10(9-16-3)7-13(15-2)11-5-4-6-12(14)8-11/h4-6,8,10,13,15H,7,9H2,1-3H3. The maximum atomic E-state index is 13.1. The summed E-state index contributed by atoms with van der Waals surface area (Å²) in [5.74, 6) is 0.267. The van der Waals surface area contributed by atoms with Crippen molar-refractivity contribution in [1.29, 1.82) is 0 Å². The molecule has 0 bridgehead atoms. The fourth-order valence-corrected chi connectivity index (χ4v) is 1.90. The second kappa shape index (κ2) is 6.61. The predicted octanol–water partition coefficient (Wildman–Crippen LogP) is 2.76. The molecule has 0 aliphatic rings. The molecule has 0 fully saturated rings. The Hall–Kier alpha value is -0.930. The van der Waals surface area contributed by atoms with E-state index in [1.54, 1.807) is 19.2 Å². The summed E-state index contributed by atoms with van der Waals surface area (Å²) in [5.41, 5.74) is 0.991. The van der Waals surface area contributed by atoms with E-state index in [1.165, 1.54) is 6.07 Å². The molecule has 1 rings (SSSR count). The molecule has 0 aliphatic heterocycles. The van der Waals surface area contributed by atoms with Crippen molar-refractivity contribution in [3.05, 3.63) is 35.6 Å². The quantitative estimate of drug-likeness (QED) is 0.803. The molecule has 16 heavy (non-hydrogen) atoms. The SMILES string of the molecule is CNC(CC(C)COC)c1cccc(F)c1. The van der Waals surface area contributed by atoms with Gasteiger partial charge in [0.15, 0.2) is 0 Å². The fraction of sp³-hybridized carbons (Fsp3) is 0.538. The Kier molecular flexibility index (Phi) is 5.43. The second-order valence-electron chi connectivity index (χ2n) is 4.19. The second-order valence-corrected chi connectivity index (χ2v) is 4.19. The lowest BCUT2D eigenvalue weighted by molar-refractivity contribution is 0.150. The van der Waals surface area contributed by atoms with E-state index in [2.05, 4.69) is 12.2 Å². The van der Waals surface area contributed by atoms with Gasteiger partial charge >= 0.3 is 0 Å². The lowest BCUT2D eigenvalue weighted by atomic mass is 9.96. The van der Waals surface area contributed by atoms with E-state index in [0.717, 1.165) is 18.6 Å². The van der Waals surface area contributed by atoms with Crippen LogP contribution in [0.15, 0.2) is 24.3 Å². The van der Waals surface area contributed by atoms with Crippen molar-refractivity contribution in [2.24, 2.45) is 5.92 Å². The van der Waals surface area contributed by atoms with Crippen LogP contribution in [-0.4, -0.2) is 20.8 Å². The topological polar surface area (TPSA) is 21.3 Å². The van der Waals surface area contributed by atoms with Gasteiger partial charge in [-0.05, 0) is 37.1 Å². The first-order valence-electron chi connectivity index (χ1n) is 5.59. The monoisotopic (exact) mass is 225 g/mol. The summed E-state index contributed by atoms with van der Waals surface area (Å²) in [7, 11) is 3.60. The zero-order valence-corrected chi connectivity index (χ0v) is 10.2. The number of methoxy groups -OCH3 is 1. The van der Waals surface area contributed by atoms with Crippen molar-refractivity contribution in [1.82, 2.24) is 5.32 Å². The number of nitrogens with one attached hydrogen (secondary N) is 1. The summed E-state index contributed by atoms with van der Waals surface area (Å²) < 4.78 is 18.2. The number of ether oxygens (including phenoxy) is 1. The Morgan fingerprint density at radius 1 is 1.44 bits per heavy atom. The van der Waals surface area contributed by atoms with Gasteiger partial charge in [0.25, 0.3) is 0 Å². The fourth-order valence-electron chi connectivity index (χ4n) is 1.90. The van der Waals surface area contributed by atoms with Crippen LogP contribution in [0.3, 0.4) is 0 Å². The highest BCUT2D eigenvalue weighted by atomic mass is 19.1. The summed E-state index contributed by atoms with van der Waals surface area (Å²) in [6.07, 6.45) is 0.938. The summed E-state index contributed by atoms with van der Waals surface area (Å²) >= 11 is 0. The third-order valence-corrected chi connectivity index (χ3v) is 2.69. The molecular formula is C13H20FNO. The maximum absolute atomic E-state index is 13.1. The van der Waals surface area contributed by atoms with Gasteiger partial charge in [-0.1, -0.05) is 19.1 Å². The minimum absolute atomic E-state index is 0.181. The molecule has 90 valence electrons. The Bertz CT molecular complexity index is 317. The molecule has 3 heteroatoms. The van der Waals surface area contributed by atoms with Crippen LogP contribution in [0.2, 0.25) is 0 Å². The summed E-state index contributed by atoms with van der Waals surface area (Å²) in [5, 5.41) is 3.21. The average molecular weight is 225 g/mol. The number of benzene rings is 1. The zero-order valence-electron chi connectivity index (χ0n) is 10.2. The van der Waals surface area contributed by atoms with Crippen LogP contribution in [0.25, 0.3) is 0 Å². The van der Waals surface area contributed by atoms with Crippen molar-refractivity contribution in [2.75, 3.05) is 20.8 Å². The van der Waals surface area contributed by atoms with E-state index >= 15 is 0 Å². The van der Waals surface area contributed by atoms with Gasteiger partial charge in [0.05, 0.1) is 0 Å². The van der Waals surface area contributed by atoms with Crippen molar-refractivity contribution < 1.29 is 9.13 Å². The average Bonchev–Trinajstić information content (AvgIpc) is 2.26. The Balaban J connectivity index is 2.67. The van der Waals surface area contributed by atoms with Crippen LogP contribution in [0, 0.1) is 11.7 Å². The van der Waals surface area contributed by atoms with E-state index in [4.69, 9.17) is 4.74 Å². The van der Waals surface area contributed by atoms with Crippen LogP contribution in [0.4, 0.5) is 4.39 Å². The largest absolute Gasteiger partial charge is 0.384 e. The van der Waals surface area contributed by atoms with Crippen LogP contribution >= 0.6 is 0 Å². The maximum Gasteiger partial charge on any atom is 0.123 e. The van der Waals surface area contributed by atoms with E-state index < -0.39 is 0 Å². The first kappa shape index (κ1) is 13.1. The molecule has 0 heterocycles. The highest BCUT2D eigenvalue weighted by molar-refractivity contribution is 5.20. The number of hydrogen-bond donors (Lipinski definition) is 1. The molecular weight excluding hydrogens is 205 g/mol. The third kappa shape index (κ3) is 3.91. The Morgan fingerprint density at radius 3 is 2.75 bits per heavy atom. The Morgan fingerprint density at radius 2 is 2.19 bits per heavy atom. The van der Waals surface area contributed by atoms with Crippen molar-refractivity contribution in [3.63, 3.8) is 0 Å². The highest BCUT2D eigenvalue weighted by Gasteiger charge is 2.13. The van der Waals surface area contributed by atoms with Gasteiger partial charge < -0.3 is 10.1 Å². The van der Waals surface area contributed by atoms with Gasteiger partial charge in [0.1, 0.15) is 5.82 Å². The van der Waals surface area contributed by atoms with Crippen LogP contribution in [0.5, 0.6) is 0 Å². The molecule has 0 saturated heterocycles. The lowest BCUT2D eigenvalue weighted by Gasteiger charge is -2.20. The molecule has 0 aliphatic carbocycles. The number of halogens is 1. The normalized spacial score (nSPS) is 14.8. The highest BCUT2D eigenvalue weighted by Crippen LogP contribution is 2.21. The van der Waals surface area contributed by atoms with Gasteiger partial charge in [-0.15, -0.1) is 0 Å². The van der Waals surface area contributed by atoms with Gasteiger partial charge in [0, 0.05) is 19.8 Å². The van der Waals surface area contributed by atoms with E-state index in [1.807, 2.05) is 13.1 Å². The molecule has 2 atom stereocenters. The van der Waals surface area contributed by atoms with Crippen LogP contribution in [0.1, 0.15) is 24.9 Å². The molecule has 1 aromatic rings. The molecule has 1 N–H and O–H groups in total. The summed E-state index contributed by atoms with van der Waals surface area (Å²) in [4.78, 5) is 0. The number of rotatable bonds is 6. The Labute approximate surface area is 96.8 Å². The molecule has 2 nitrogen and oxygen atoms in total. The minimum Gasteiger partial charge on any atom is -0.384 e. The summed E-state index contributed by atoms with van der Waals surface area (Å²) in [6.45, 7) is 2.86. The van der Waals surface area contributed by atoms with E-state index in [-0.39, 0.29) is 11.9 Å². The minimum atomic E-state index is -0.183. The van der Waals surface area contributed by atoms with E-state index in [9.17, 15) is 4.39 Å². The molecule has 0 radical (unpaired) electrons. The van der Waals surface area contributed by atoms with Crippen LogP contribution in [-0.2, 0) is 4.74 Å². The molecule has 0 aromatic heterocycles. The zero-order chi connectivity index (χ0) is 12.0. The van der Waals surface area contributed by atoms with Gasteiger partial charge in [-0.2, -0.15) is 0 Å². The molecule has 0 saturated carbocycles. The van der Waals surface area contributed by atoms with Gasteiger partial charge in [-0.3, -0.25) is 0 Å².